The molecule has 0 unspecified atom stereocenters. The van der Waals surface area contributed by atoms with E-state index in [9.17, 15) is 27.4 Å². The van der Waals surface area contributed by atoms with Crippen LogP contribution in [-0.4, -0.2) is 0 Å². The molecule has 0 aromatic heterocycles. The fraction of sp³-hybridized carbons (Fsp3) is 0.375. The molecule has 0 saturated carbocycles. The first kappa shape index (κ1) is 50.2. The zero-order valence-corrected chi connectivity index (χ0v) is 41.7. The smallest absolute Gasteiger partial charge is 0.387 e. The minimum atomic E-state index is -3.39. The van der Waals surface area contributed by atoms with Crippen molar-refractivity contribution >= 4 is 33.2 Å². The summed E-state index contributed by atoms with van der Waals surface area (Å²) in [5, 5.41) is 0. The number of rotatable bonds is 16. The van der Waals surface area contributed by atoms with Crippen molar-refractivity contribution in [3.05, 3.63) is 153 Å². The Morgan fingerprint density at radius 3 is 0.953 bits per heavy atom. The van der Waals surface area contributed by atoms with Crippen molar-refractivity contribution in [1.29, 1.82) is 0 Å². The van der Waals surface area contributed by atoms with Gasteiger partial charge in [0.2, 0.25) is 0 Å². The van der Waals surface area contributed by atoms with Crippen molar-refractivity contribution in [3.8, 4) is 23.0 Å². The van der Waals surface area contributed by atoms with E-state index in [0.29, 0.717) is 33.4 Å². The third-order valence-electron chi connectivity index (χ3n) is 11.0. The van der Waals surface area contributed by atoms with Gasteiger partial charge >= 0.3 is 33.2 Å². The Labute approximate surface area is 379 Å². The maximum absolute atomic E-state index is 12.4. The molecule has 0 aliphatic heterocycles. The predicted octanol–water partition coefficient (Wildman–Crippen LogP) is 15.2. The molecule has 16 heteroatoms. The molecule has 0 fully saturated rings. The van der Waals surface area contributed by atoms with Crippen LogP contribution < -0.4 is 18.8 Å². The predicted molar refractivity (Wildman–Crippen MR) is 245 cm³/mol. The molecular formula is C48H54O12P4. The van der Waals surface area contributed by atoms with Crippen LogP contribution in [0.15, 0.2) is 97.1 Å². The van der Waals surface area contributed by atoms with Crippen LogP contribution in [0.4, 0.5) is 0 Å². The number of benzene rings is 5. The first-order valence-corrected chi connectivity index (χ1v) is 24.1. The van der Waals surface area contributed by atoms with Gasteiger partial charge in [0.1, 0.15) is 11.5 Å². The monoisotopic (exact) mass is 946 g/mol. The summed E-state index contributed by atoms with van der Waals surface area (Å²) < 4.78 is 94.1. The standard InChI is InChI=1S/C48H54O12P4/c1-45(2,3)31-16-20-39(55-59-61-49)35(25-31)43(36-26-32(46(4,5)6)17-21-40(36)56-60-62-50)29-14-13-15-30(24-29)44(37-27-33(47(7,8)9)18-22-41(37)57-63(51)52)38-28-34(48(10,11)12)19-23-42(38)58-64(53)54/h13-28,43-44H,1-12H3. The minimum Gasteiger partial charge on any atom is -0.387 e. The molecule has 0 radical (unpaired) electrons. The quantitative estimate of drug-likeness (QED) is 0.0399. The molecule has 0 bridgehead atoms. The maximum Gasteiger partial charge on any atom is 0.529 e. The lowest BCUT2D eigenvalue weighted by molar-refractivity contribution is -0.0888. The molecular weight excluding hydrogens is 892 g/mol. The topological polar surface area (TPSA) is 158 Å². The van der Waals surface area contributed by atoms with Crippen LogP contribution >= 0.6 is 33.2 Å². The second-order valence-electron chi connectivity index (χ2n) is 19.6. The van der Waals surface area contributed by atoms with E-state index in [-0.39, 0.29) is 33.8 Å². The zero-order valence-electron chi connectivity index (χ0n) is 38.1. The van der Waals surface area contributed by atoms with E-state index >= 15 is 0 Å². The highest BCUT2D eigenvalue weighted by Gasteiger charge is 2.33. The molecule has 0 atom stereocenters. The molecule has 12 nitrogen and oxygen atoms in total. The SMILES string of the molecule is CC(C)(C)c1ccc(OOP=O)c(C(c2cccc(C(c3cc(C(C)(C)C)ccc3OP(=O)=O)c3cc(C(C)(C)C)ccc3OP(=O)=O)c2)c2cc(C(C)(C)C)ccc2OOP=O)c1. The highest BCUT2D eigenvalue weighted by Crippen LogP contribution is 2.49. The van der Waals surface area contributed by atoms with Crippen molar-refractivity contribution in [2.45, 2.75) is 117 Å². The molecule has 5 aromatic rings. The van der Waals surface area contributed by atoms with Crippen LogP contribution in [0.2, 0.25) is 0 Å². The van der Waals surface area contributed by atoms with Gasteiger partial charge in [-0.25, -0.2) is 9.13 Å². The maximum atomic E-state index is 12.4. The van der Waals surface area contributed by atoms with E-state index < -0.39 is 55.9 Å². The first-order chi connectivity index (χ1) is 29.8. The zero-order chi connectivity index (χ0) is 47.4. The van der Waals surface area contributed by atoms with E-state index in [0.717, 1.165) is 22.3 Å². The number of hydrogen-bond donors (Lipinski definition) is 0. The van der Waals surface area contributed by atoms with Gasteiger partial charge in [-0.15, -0.1) is 0 Å². The summed E-state index contributed by atoms with van der Waals surface area (Å²) in [6, 6.07) is 29.3. The first-order valence-electron chi connectivity index (χ1n) is 20.5. The van der Waals surface area contributed by atoms with Gasteiger partial charge in [0.15, 0.2) is 11.5 Å². The van der Waals surface area contributed by atoms with Crippen molar-refractivity contribution in [2.75, 3.05) is 0 Å². The van der Waals surface area contributed by atoms with E-state index in [1.54, 1.807) is 36.4 Å². The van der Waals surface area contributed by atoms with E-state index in [1.807, 2.05) is 102 Å². The summed E-state index contributed by atoms with van der Waals surface area (Å²) in [5.74, 6) is -1.13. The minimum absolute atomic E-state index is 0.0414. The second-order valence-corrected chi connectivity index (χ2v) is 21.5. The Bertz CT molecular complexity index is 2490. The largest absolute Gasteiger partial charge is 0.529 e. The highest BCUT2D eigenvalue weighted by molar-refractivity contribution is 7.25. The van der Waals surface area contributed by atoms with Crippen LogP contribution in [0.1, 0.15) is 151 Å². The van der Waals surface area contributed by atoms with Gasteiger partial charge in [0, 0.05) is 34.1 Å². The van der Waals surface area contributed by atoms with Gasteiger partial charge in [-0.3, -0.25) is 0 Å². The Hall–Kier alpha value is -4.78. The third-order valence-corrected chi connectivity index (χ3v) is 11.9. The summed E-state index contributed by atoms with van der Waals surface area (Å²) in [6.45, 7) is 24.6. The average Bonchev–Trinajstić information content (AvgIpc) is 3.19. The van der Waals surface area contributed by atoms with E-state index in [1.165, 1.54) is 0 Å². The molecule has 0 amide bonds. The average molecular weight is 947 g/mol. The van der Waals surface area contributed by atoms with Crippen molar-refractivity contribution < 1.29 is 55.6 Å². The van der Waals surface area contributed by atoms with Crippen LogP contribution in [0.5, 0.6) is 23.0 Å². The third kappa shape index (κ3) is 12.3. The van der Waals surface area contributed by atoms with Crippen LogP contribution in [0.3, 0.4) is 0 Å². The highest BCUT2D eigenvalue weighted by atomic mass is 31.1. The molecule has 0 aliphatic rings. The second kappa shape index (κ2) is 20.2. The lowest BCUT2D eigenvalue weighted by Gasteiger charge is -2.29. The lowest BCUT2D eigenvalue weighted by Crippen LogP contribution is -2.17. The molecule has 0 saturated heterocycles. The summed E-state index contributed by atoms with van der Waals surface area (Å²) in [7, 11) is -8.22. The van der Waals surface area contributed by atoms with Gasteiger partial charge in [-0.2, -0.15) is 18.3 Å². The summed E-state index contributed by atoms with van der Waals surface area (Å²) >= 11 is 0. The van der Waals surface area contributed by atoms with Gasteiger partial charge in [0.25, 0.3) is 0 Å². The molecule has 64 heavy (non-hydrogen) atoms. The lowest BCUT2D eigenvalue weighted by atomic mass is 9.75. The summed E-state index contributed by atoms with van der Waals surface area (Å²) in [5.41, 5.74) is 5.32. The van der Waals surface area contributed by atoms with Crippen LogP contribution in [0.25, 0.3) is 0 Å². The van der Waals surface area contributed by atoms with Gasteiger partial charge in [-0.05, 0) is 79.3 Å². The normalized spacial score (nSPS) is 12.9. The molecule has 0 spiro atoms. The molecule has 0 aliphatic carbocycles. The van der Waals surface area contributed by atoms with Gasteiger partial charge in [0.05, 0.1) is 0 Å². The van der Waals surface area contributed by atoms with Crippen molar-refractivity contribution in [3.63, 3.8) is 0 Å². The van der Waals surface area contributed by atoms with Crippen LogP contribution in [0, 0.1) is 0 Å². The molecule has 5 aromatic carbocycles. The van der Waals surface area contributed by atoms with Crippen molar-refractivity contribution in [1.82, 2.24) is 0 Å². The van der Waals surface area contributed by atoms with Crippen LogP contribution in [-0.2, 0) is 58.4 Å². The van der Waals surface area contributed by atoms with E-state index in [4.69, 9.17) is 28.2 Å². The van der Waals surface area contributed by atoms with Gasteiger partial charge < -0.3 is 18.8 Å². The van der Waals surface area contributed by atoms with E-state index in [2.05, 4.69) is 41.5 Å². The Morgan fingerprint density at radius 2 is 0.688 bits per heavy atom. The van der Waals surface area contributed by atoms with Gasteiger partial charge in [-0.1, -0.05) is 165 Å². The molecule has 338 valence electrons. The molecule has 0 N–H and O–H groups in total. The fourth-order valence-corrected chi connectivity index (χ4v) is 8.40. The molecule has 0 heterocycles. The van der Waals surface area contributed by atoms with Crippen molar-refractivity contribution in [2.24, 2.45) is 0 Å². The Kier molecular flexibility index (Phi) is 15.8. The number of hydrogen-bond acceptors (Lipinski definition) is 12. The molecule has 5 rings (SSSR count). The Morgan fingerprint density at radius 1 is 0.406 bits per heavy atom. The summed E-state index contributed by atoms with van der Waals surface area (Å²) in [6.07, 6.45) is 0. The summed E-state index contributed by atoms with van der Waals surface area (Å²) in [4.78, 5) is 11.4. The Balaban J connectivity index is 2.00. The fourth-order valence-electron chi connectivity index (χ4n) is 7.52.